The van der Waals surface area contributed by atoms with Gasteiger partial charge < -0.3 is 9.73 Å². The van der Waals surface area contributed by atoms with Crippen LogP contribution in [0.3, 0.4) is 0 Å². The second-order valence-corrected chi connectivity index (χ2v) is 6.17. The molecule has 1 aromatic heterocycles. The predicted octanol–water partition coefficient (Wildman–Crippen LogP) is 3.42. The number of amides is 1. The highest BCUT2D eigenvalue weighted by molar-refractivity contribution is 6.30. The number of rotatable bonds is 3. The first kappa shape index (κ1) is 15.1. The number of carbonyl (C=O) groups is 1. The monoisotopic (exact) mass is 318 g/mol. The van der Waals surface area contributed by atoms with E-state index in [1.165, 1.54) is 5.56 Å². The van der Waals surface area contributed by atoms with E-state index in [4.69, 9.17) is 16.0 Å². The maximum absolute atomic E-state index is 12.4. The fourth-order valence-corrected chi connectivity index (χ4v) is 3.24. The Morgan fingerprint density at radius 1 is 1.32 bits per heavy atom. The molecule has 0 spiro atoms. The molecule has 22 heavy (non-hydrogen) atoms. The molecule has 1 amide bonds. The van der Waals surface area contributed by atoms with Crippen LogP contribution in [0.1, 0.15) is 34.1 Å². The van der Waals surface area contributed by atoms with Crippen LogP contribution in [0.5, 0.6) is 0 Å². The first-order chi connectivity index (χ1) is 10.6. The van der Waals surface area contributed by atoms with Gasteiger partial charge in [0.15, 0.2) is 0 Å². The number of nitrogens with zero attached hydrogens (tertiary/aromatic N) is 1. The Labute approximate surface area is 135 Å². The SMILES string of the molecule is Cc1occc1C(=O)N[C@@H]1CCN(C)[C@H]1c1ccc(Cl)cc1. The lowest BCUT2D eigenvalue weighted by atomic mass is 10.00. The lowest BCUT2D eigenvalue weighted by Crippen LogP contribution is -2.39. The molecular formula is C17H19ClN2O2. The van der Waals surface area contributed by atoms with Gasteiger partial charge >= 0.3 is 0 Å². The number of benzene rings is 1. The van der Waals surface area contributed by atoms with Crippen LogP contribution in [-0.2, 0) is 0 Å². The largest absolute Gasteiger partial charge is 0.469 e. The van der Waals surface area contributed by atoms with Gasteiger partial charge in [0.1, 0.15) is 5.76 Å². The van der Waals surface area contributed by atoms with Crippen LogP contribution in [0.15, 0.2) is 41.0 Å². The minimum absolute atomic E-state index is 0.0768. The van der Waals surface area contributed by atoms with Crippen molar-refractivity contribution in [3.8, 4) is 0 Å². The number of likely N-dealkylation sites (N-methyl/N-ethyl adjacent to an activating group) is 1. The summed E-state index contributed by atoms with van der Waals surface area (Å²) in [6, 6.07) is 9.78. The number of hydrogen-bond donors (Lipinski definition) is 1. The van der Waals surface area contributed by atoms with E-state index in [1.807, 2.05) is 24.3 Å². The molecule has 1 aliphatic rings. The molecule has 0 aliphatic carbocycles. The Hall–Kier alpha value is -1.78. The second kappa shape index (κ2) is 6.15. The van der Waals surface area contributed by atoms with Gasteiger partial charge in [-0.2, -0.15) is 0 Å². The minimum Gasteiger partial charge on any atom is -0.469 e. The van der Waals surface area contributed by atoms with Crippen LogP contribution in [0.25, 0.3) is 0 Å². The molecule has 0 saturated carbocycles. The fourth-order valence-electron chi connectivity index (χ4n) is 3.11. The molecule has 1 aromatic carbocycles. The van der Waals surface area contributed by atoms with E-state index in [1.54, 1.807) is 19.3 Å². The van der Waals surface area contributed by atoms with Gasteiger partial charge in [0, 0.05) is 11.6 Å². The summed E-state index contributed by atoms with van der Waals surface area (Å²) in [4.78, 5) is 14.7. The quantitative estimate of drug-likeness (QED) is 0.943. The molecule has 0 unspecified atom stereocenters. The van der Waals surface area contributed by atoms with Crippen molar-refractivity contribution in [3.05, 3.63) is 58.5 Å². The third kappa shape index (κ3) is 2.89. The van der Waals surface area contributed by atoms with Gasteiger partial charge in [-0.15, -0.1) is 0 Å². The van der Waals surface area contributed by atoms with Gasteiger partial charge in [-0.1, -0.05) is 23.7 Å². The fraction of sp³-hybridized carbons (Fsp3) is 0.353. The molecule has 2 aromatic rings. The Morgan fingerprint density at radius 2 is 2.05 bits per heavy atom. The second-order valence-electron chi connectivity index (χ2n) is 5.74. The van der Waals surface area contributed by atoms with Crippen LogP contribution in [-0.4, -0.2) is 30.4 Å². The van der Waals surface area contributed by atoms with Crippen LogP contribution < -0.4 is 5.32 Å². The van der Waals surface area contributed by atoms with E-state index in [2.05, 4.69) is 17.3 Å². The molecule has 1 fully saturated rings. The average Bonchev–Trinajstić information content (AvgIpc) is 3.07. The molecule has 4 nitrogen and oxygen atoms in total. The third-order valence-electron chi connectivity index (χ3n) is 4.28. The summed E-state index contributed by atoms with van der Waals surface area (Å²) in [5.74, 6) is 0.567. The van der Waals surface area contributed by atoms with Crippen molar-refractivity contribution < 1.29 is 9.21 Å². The number of likely N-dealkylation sites (tertiary alicyclic amines) is 1. The van der Waals surface area contributed by atoms with Crippen molar-refractivity contribution in [2.24, 2.45) is 0 Å². The first-order valence-electron chi connectivity index (χ1n) is 7.37. The number of carbonyl (C=O) groups excluding carboxylic acids is 1. The summed E-state index contributed by atoms with van der Waals surface area (Å²) in [5, 5.41) is 3.86. The highest BCUT2D eigenvalue weighted by Gasteiger charge is 2.34. The maximum atomic E-state index is 12.4. The topological polar surface area (TPSA) is 45.5 Å². The van der Waals surface area contributed by atoms with Crippen molar-refractivity contribution in [1.82, 2.24) is 10.2 Å². The highest BCUT2D eigenvalue weighted by atomic mass is 35.5. The molecule has 0 radical (unpaired) electrons. The van der Waals surface area contributed by atoms with E-state index in [9.17, 15) is 4.79 Å². The minimum atomic E-state index is -0.0782. The third-order valence-corrected chi connectivity index (χ3v) is 4.53. The number of furan rings is 1. The maximum Gasteiger partial charge on any atom is 0.255 e. The number of hydrogen-bond acceptors (Lipinski definition) is 3. The Morgan fingerprint density at radius 3 is 2.68 bits per heavy atom. The molecule has 1 aliphatic heterocycles. The van der Waals surface area contributed by atoms with Crippen LogP contribution in [0.4, 0.5) is 0 Å². The molecule has 1 N–H and O–H groups in total. The van der Waals surface area contributed by atoms with E-state index in [0.29, 0.717) is 11.3 Å². The molecular weight excluding hydrogens is 300 g/mol. The Balaban J connectivity index is 1.79. The van der Waals surface area contributed by atoms with Gasteiger partial charge in [0.25, 0.3) is 5.91 Å². The predicted molar refractivity (Wildman–Crippen MR) is 86.1 cm³/mol. The lowest BCUT2D eigenvalue weighted by Gasteiger charge is -2.26. The smallest absolute Gasteiger partial charge is 0.255 e. The Kier molecular flexibility index (Phi) is 4.23. The van der Waals surface area contributed by atoms with Crippen molar-refractivity contribution in [2.45, 2.75) is 25.4 Å². The zero-order valence-electron chi connectivity index (χ0n) is 12.7. The zero-order valence-corrected chi connectivity index (χ0v) is 13.4. The normalized spacial score (nSPS) is 22.0. The summed E-state index contributed by atoms with van der Waals surface area (Å²) in [5.41, 5.74) is 1.77. The molecule has 1 saturated heterocycles. The van der Waals surface area contributed by atoms with Crippen molar-refractivity contribution in [2.75, 3.05) is 13.6 Å². The van der Waals surface area contributed by atoms with Crippen molar-refractivity contribution in [3.63, 3.8) is 0 Å². The van der Waals surface area contributed by atoms with Gasteiger partial charge in [0.05, 0.1) is 23.9 Å². The summed E-state index contributed by atoms with van der Waals surface area (Å²) in [6.07, 6.45) is 2.47. The zero-order chi connectivity index (χ0) is 15.7. The summed E-state index contributed by atoms with van der Waals surface area (Å²) < 4.78 is 5.21. The van der Waals surface area contributed by atoms with Crippen molar-refractivity contribution >= 4 is 17.5 Å². The molecule has 3 rings (SSSR count). The van der Waals surface area contributed by atoms with E-state index >= 15 is 0 Å². The molecule has 2 atom stereocenters. The molecule has 2 heterocycles. The molecule has 5 heteroatoms. The van der Waals surface area contributed by atoms with E-state index in [-0.39, 0.29) is 18.0 Å². The average molecular weight is 319 g/mol. The van der Waals surface area contributed by atoms with E-state index in [0.717, 1.165) is 18.0 Å². The standard InChI is InChI=1S/C17H19ClN2O2/c1-11-14(8-10-22-11)17(21)19-15-7-9-20(2)16(15)12-3-5-13(18)6-4-12/h3-6,8,10,15-16H,7,9H2,1-2H3,(H,19,21)/t15-,16+/m1/s1. The summed E-state index contributed by atoms with van der Waals surface area (Å²) >= 11 is 5.97. The molecule has 116 valence electrons. The number of aryl methyl sites for hydroxylation is 1. The van der Waals surface area contributed by atoms with Crippen LogP contribution in [0, 0.1) is 6.92 Å². The van der Waals surface area contributed by atoms with Gasteiger partial charge in [0.2, 0.25) is 0 Å². The Bertz CT molecular complexity index is 666. The number of nitrogens with one attached hydrogen (secondary N) is 1. The summed E-state index contributed by atoms with van der Waals surface area (Å²) in [7, 11) is 2.08. The summed E-state index contributed by atoms with van der Waals surface area (Å²) in [6.45, 7) is 2.75. The number of halogens is 1. The lowest BCUT2D eigenvalue weighted by molar-refractivity contribution is 0.0926. The van der Waals surface area contributed by atoms with Crippen LogP contribution in [0.2, 0.25) is 5.02 Å². The van der Waals surface area contributed by atoms with Crippen molar-refractivity contribution in [1.29, 1.82) is 0 Å². The van der Waals surface area contributed by atoms with Gasteiger partial charge in [-0.25, -0.2) is 0 Å². The van der Waals surface area contributed by atoms with E-state index < -0.39 is 0 Å². The van der Waals surface area contributed by atoms with Crippen LogP contribution >= 0.6 is 11.6 Å². The first-order valence-corrected chi connectivity index (χ1v) is 7.74. The van der Waals surface area contributed by atoms with Gasteiger partial charge in [-0.3, -0.25) is 9.69 Å². The highest BCUT2D eigenvalue weighted by Crippen LogP contribution is 2.31. The van der Waals surface area contributed by atoms with Gasteiger partial charge in [-0.05, 0) is 44.2 Å². The molecule has 0 bridgehead atoms.